The molecule has 2 heterocycles. The fourth-order valence-corrected chi connectivity index (χ4v) is 2.66. The van der Waals surface area contributed by atoms with Crippen LogP contribution >= 0.6 is 0 Å². The minimum atomic E-state index is -0.517. The summed E-state index contributed by atoms with van der Waals surface area (Å²) in [6.45, 7) is 10.0. The minimum absolute atomic E-state index is 0.0420. The highest BCUT2D eigenvalue weighted by atomic mass is 16.7. The Morgan fingerprint density at radius 3 is 2.63 bits per heavy atom. The summed E-state index contributed by atoms with van der Waals surface area (Å²) in [6.07, 6.45) is 1.79. The third-order valence-corrected chi connectivity index (χ3v) is 4.37. The number of ether oxygens (including phenoxy) is 2. The van der Waals surface area contributed by atoms with Gasteiger partial charge in [0.2, 0.25) is 0 Å². The molecule has 0 saturated carbocycles. The van der Waals surface area contributed by atoms with Crippen LogP contribution in [0.4, 0.5) is 4.79 Å². The Balaban J connectivity index is 1.69. The molecular formula is C14H26N2O3. The summed E-state index contributed by atoms with van der Waals surface area (Å²) in [7, 11) is 0. The van der Waals surface area contributed by atoms with Gasteiger partial charge in [-0.15, -0.1) is 0 Å². The fourth-order valence-electron chi connectivity index (χ4n) is 2.66. The van der Waals surface area contributed by atoms with Crippen molar-refractivity contribution in [3.8, 4) is 0 Å². The summed E-state index contributed by atoms with van der Waals surface area (Å²) >= 11 is 0. The second-order valence-corrected chi connectivity index (χ2v) is 6.00. The van der Waals surface area contributed by atoms with Gasteiger partial charge in [-0.05, 0) is 25.2 Å². The zero-order chi connectivity index (χ0) is 13.9. The number of carbonyl (C=O) groups excluding carboxylic acids is 1. The standard InChI is InChI=1S/C14H26N2O3/c1-11-4-7-16(10-12(11)2)13(17)15-6-5-14(3)18-8-9-19-14/h11-12H,4-10H2,1-3H3,(H,15,17). The van der Waals surface area contributed by atoms with Gasteiger partial charge < -0.3 is 19.7 Å². The molecule has 2 unspecified atom stereocenters. The maximum Gasteiger partial charge on any atom is 0.317 e. The van der Waals surface area contributed by atoms with E-state index in [1.807, 2.05) is 11.8 Å². The predicted molar refractivity (Wildman–Crippen MR) is 72.8 cm³/mol. The van der Waals surface area contributed by atoms with E-state index in [-0.39, 0.29) is 6.03 Å². The summed E-state index contributed by atoms with van der Waals surface area (Å²) in [5.41, 5.74) is 0. The Kier molecular flexibility index (Phi) is 4.68. The molecule has 0 aromatic heterocycles. The molecule has 2 atom stereocenters. The molecule has 0 radical (unpaired) electrons. The molecule has 2 saturated heterocycles. The van der Waals surface area contributed by atoms with E-state index < -0.39 is 5.79 Å². The highest BCUT2D eigenvalue weighted by molar-refractivity contribution is 5.74. The first-order chi connectivity index (χ1) is 9.00. The highest BCUT2D eigenvalue weighted by Crippen LogP contribution is 2.23. The molecule has 2 rings (SSSR count). The molecule has 2 amide bonds. The first kappa shape index (κ1) is 14.6. The molecule has 0 aromatic rings. The highest BCUT2D eigenvalue weighted by Gasteiger charge is 2.31. The van der Waals surface area contributed by atoms with Crippen LogP contribution < -0.4 is 5.32 Å². The molecule has 0 aliphatic carbocycles. The van der Waals surface area contributed by atoms with Crippen molar-refractivity contribution in [1.29, 1.82) is 0 Å². The van der Waals surface area contributed by atoms with E-state index in [1.54, 1.807) is 0 Å². The van der Waals surface area contributed by atoms with Crippen LogP contribution in [0.3, 0.4) is 0 Å². The van der Waals surface area contributed by atoms with Crippen LogP contribution in [-0.2, 0) is 9.47 Å². The number of hydrogen-bond donors (Lipinski definition) is 1. The maximum absolute atomic E-state index is 12.1. The van der Waals surface area contributed by atoms with Gasteiger partial charge in [0, 0.05) is 26.1 Å². The van der Waals surface area contributed by atoms with Gasteiger partial charge in [0.1, 0.15) is 0 Å². The van der Waals surface area contributed by atoms with Gasteiger partial charge >= 0.3 is 6.03 Å². The molecule has 19 heavy (non-hydrogen) atoms. The zero-order valence-electron chi connectivity index (χ0n) is 12.3. The fraction of sp³-hybridized carbons (Fsp3) is 0.929. The summed E-state index contributed by atoms with van der Waals surface area (Å²) in [4.78, 5) is 14.0. The minimum Gasteiger partial charge on any atom is -0.348 e. The molecule has 2 aliphatic heterocycles. The van der Waals surface area contributed by atoms with Gasteiger partial charge in [-0.2, -0.15) is 0 Å². The number of nitrogens with zero attached hydrogens (tertiary/aromatic N) is 1. The number of nitrogens with one attached hydrogen (secondary N) is 1. The summed E-state index contributed by atoms with van der Waals surface area (Å²) < 4.78 is 11.0. The SMILES string of the molecule is CC1CCN(C(=O)NCCC2(C)OCCO2)CC1C. The van der Waals surface area contributed by atoms with Crippen LogP contribution in [0.1, 0.15) is 33.6 Å². The number of rotatable bonds is 3. The van der Waals surface area contributed by atoms with Gasteiger partial charge in [0.05, 0.1) is 13.2 Å². The van der Waals surface area contributed by atoms with Crippen LogP contribution in [0.25, 0.3) is 0 Å². The van der Waals surface area contributed by atoms with Crippen LogP contribution in [0, 0.1) is 11.8 Å². The topological polar surface area (TPSA) is 50.8 Å². The number of carbonyl (C=O) groups is 1. The first-order valence-electron chi connectivity index (χ1n) is 7.31. The molecule has 110 valence electrons. The smallest absolute Gasteiger partial charge is 0.317 e. The van der Waals surface area contributed by atoms with Crippen LogP contribution in [0.5, 0.6) is 0 Å². The van der Waals surface area contributed by atoms with Crippen LogP contribution in [0.15, 0.2) is 0 Å². The van der Waals surface area contributed by atoms with E-state index in [2.05, 4.69) is 19.2 Å². The summed E-state index contributed by atoms with van der Waals surface area (Å²) in [5, 5.41) is 2.97. The maximum atomic E-state index is 12.1. The molecule has 0 bridgehead atoms. The van der Waals surface area contributed by atoms with E-state index >= 15 is 0 Å². The quantitative estimate of drug-likeness (QED) is 0.851. The Labute approximate surface area is 115 Å². The number of piperidine rings is 1. The third-order valence-electron chi connectivity index (χ3n) is 4.37. The zero-order valence-corrected chi connectivity index (χ0v) is 12.3. The van der Waals surface area contributed by atoms with Crippen molar-refractivity contribution >= 4 is 6.03 Å². The third kappa shape index (κ3) is 3.83. The lowest BCUT2D eigenvalue weighted by Gasteiger charge is -2.35. The largest absolute Gasteiger partial charge is 0.348 e. The first-order valence-corrected chi connectivity index (χ1v) is 7.31. The van der Waals surface area contributed by atoms with E-state index in [1.165, 1.54) is 0 Å². The second kappa shape index (κ2) is 6.09. The predicted octanol–water partition coefficient (Wildman–Crippen LogP) is 1.83. The number of urea groups is 1. The van der Waals surface area contributed by atoms with Gasteiger partial charge in [-0.25, -0.2) is 4.79 Å². The lowest BCUT2D eigenvalue weighted by molar-refractivity contribution is -0.145. The molecule has 2 aliphatic rings. The average molecular weight is 270 g/mol. The Morgan fingerprint density at radius 2 is 2.00 bits per heavy atom. The molecule has 5 heteroatoms. The molecule has 0 spiro atoms. The normalized spacial score (nSPS) is 30.4. The van der Waals surface area contributed by atoms with Crippen LogP contribution in [0.2, 0.25) is 0 Å². The lowest BCUT2D eigenvalue weighted by atomic mass is 9.89. The second-order valence-electron chi connectivity index (χ2n) is 6.00. The van der Waals surface area contributed by atoms with E-state index in [4.69, 9.17) is 9.47 Å². The number of likely N-dealkylation sites (tertiary alicyclic amines) is 1. The van der Waals surface area contributed by atoms with E-state index in [9.17, 15) is 4.79 Å². The molecule has 2 fully saturated rings. The van der Waals surface area contributed by atoms with E-state index in [0.717, 1.165) is 19.5 Å². The molecular weight excluding hydrogens is 244 g/mol. The van der Waals surface area contributed by atoms with Gasteiger partial charge in [0.15, 0.2) is 5.79 Å². The van der Waals surface area contributed by atoms with Gasteiger partial charge in [-0.3, -0.25) is 0 Å². The van der Waals surface area contributed by atoms with Crippen molar-refractivity contribution in [3.63, 3.8) is 0 Å². The average Bonchev–Trinajstić information content (AvgIpc) is 2.79. The van der Waals surface area contributed by atoms with Gasteiger partial charge in [-0.1, -0.05) is 13.8 Å². The van der Waals surface area contributed by atoms with Crippen molar-refractivity contribution in [2.45, 2.75) is 39.4 Å². The summed E-state index contributed by atoms with van der Waals surface area (Å²) in [5.74, 6) is 0.776. The van der Waals surface area contributed by atoms with Gasteiger partial charge in [0.25, 0.3) is 0 Å². The van der Waals surface area contributed by atoms with Crippen molar-refractivity contribution in [2.75, 3.05) is 32.8 Å². The van der Waals surface area contributed by atoms with Crippen molar-refractivity contribution < 1.29 is 14.3 Å². The lowest BCUT2D eigenvalue weighted by Crippen LogP contribution is -2.48. The molecule has 1 N–H and O–H groups in total. The number of amides is 2. The van der Waals surface area contributed by atoms with Crippen molar-refractivity contribution in [1.82, 2.24) is 10.2 Å². The molecule has 0 aromatic carbocycles. The molecule has 5 nitrogen and oxygen atoms in total. The Bertz CT molecular complexity index is 316. The Morgan fingerprint density at radius 1 is 1.32 bits per heavy atom. The monoisotopic (exact) mass is 270 g/mol. The van der Waals surface area contributed by atoms with Crippen molar-refractivity contribution in [2.24, 2.45) is 11.8 Å². The Hall–Kier alpha value is -0.810. The summed E-state index contributed by atoms with van der Waals surface area (Å²) in [6, 6.07) is 0.0420. The van der Waals surface area contributed by atoms with Crippen LogP contribution in [-0.4, -0.2) is 49.6 Å². The van der Waals surface area contributed by atoms with Crippen molar-refractivity contribution in [3.05, 3.63) is 0 Å². The van der Waals surface area contributed by atoms with E-state index in [0.29, 0.717) is 38.0 Å². The number of hydrogen-bond acceptors (Lipinski definition) is 3.